The summed E-state index contributed by atoms with van der Waals surface area (Å²) in [6.45, 7) is 0. The highest BCUT2D eigenvalue weighted by Gasteiger charge is 2.02. The number of hydrogen-bond donors (Lipinski definition) is 2. The van der Waals surface area contributed by atoms with E-state index in [1.165, 1.54) is 0 Å². The van der Waals surface area contributed by atoms with Gasteiger partial charge in [0.05, 0.1) is 0 Å². The first-order chi connectivity index (χ1) is 8.18. The van der Waals surface area contributed by atoms with E-state index in [4.69, 9.17) is 5.73 Å². The van der Waals surface area contributed by atoms with Crippen molar-refractivity contribution >= 4 is 17.6 Å². The average molecular weight is 235 g/mol. The summed E-state index contributed by atoms with van der Waals surface area (Å²) in [5, 5.41) is 2.70. The third-order valence-corrected chi connectivity index (χ3v) is 2.26. The van der Waals surface area contributed by atoms with Crippen LogP contribution in [0.3, 0.4) is 0 Å². The summed E-state index contributed by atoms with van der Waals surface area (Å²) in [5.74, 6) is 0.223. The first-order valence-corrected chi connectivity index (χ1v) is 5.67. The predicted molar refractivity (Wildman–Crippen MR) is 65.1 cm³/mol. The first-order valence-electron chi connectivity index (χ1n) is 5.67. The maximum absolute atomic E-state index is 11.5. The average Bonchev–Trinajstić information content (AvgIpc) is 2.29. The molecule has 1 aromatic heterocycles. The van der Waals surface area contributed by atoms with Crippen LogP contribution in [0.5, 0.6) is 0 Å². The van der Waals surface area contributed by atoms with E-state index in [0.29, 0.717) is 18.7 Å². The summed E-state index contributed by atoms with van der Waals surface area (Å²) in [6.07, 6.45) is 4.79. The highest BCUT2D eigenvalue weighted by atomic mass is 16.2. The number of hydrogen-bond acceptors (Lipinski definition) is 3. The number of amides is 2. The second kappa shape index (κ2) is 7.38. The first kappa shape index (κ1) is 13.2. The molecule has 5 nitrogen and oxygen atoms in total. The molecule has 0 radical (unpaired) electrons. The van der Waals surface area contributed by atoms with Gasteiger partial charge >= 0.3 is 0 Å². The van der Waals surface area contributed by atoms with Gasteiger partial charge in [0, 0.05) is 19.0 Å². The van der Waals surface area contributed by atoms with Crippen molar-refractivity contribution in [2.24, 2.45) is 5.73 Å². The lowest BCUT2D eigenvalue weighted by Crippen LogP contribution is -2.12. The van der Waals surface area contributed by atoms with Crippen LogP contribution in [0, 0.1) is 0 Å². The largest absolute Gasteiger partial charge is 0.370 e. The van der Waals surface area contributed by atoms with Gasteiger partial charge in [-0.1, -0.05) is 12.5 Å². The van der Waals surface area contributed by atoms with Crippen LogP contribution in [0.4, 0.5) is 5.82 Å². The molecule has 2 amide bonds. The summed E-state index contributed by atoms with van der Waals surface area (Å²) in [5.41, 5.74) is 5.01. The number of nitrogens with one attached hydrogen (secondary N) is 1. The lowest BCUT2D eigenvalue weighted by molar-refractivity contribution is -0.118. The van der Waals surface area contributed by atoms with Gasteiger partial charge in [-0.25, -0.2) is 4.98 Å². The number of nitrogens with zero attached hydrogens (tertiary/aromatic N) is 1. The smallest absolute Gasteiger partial charge is 0.225 e. The molecule has 0 saturated heterocycles. The second-order valence-corrected chi connectivity index (χ2v) is 3.79. The van der Waals surface area contributed by atoms with Crippen molar-refractivity contribution < 1.29 is 9.59 Å². The fraction of sp³-hybridized carbons (Fsp3) is 0.417. The second-order valence-electron chi connectivity index (χ2n) is 3.79. The summed E-state index contributed by atoms with van der Waals surface area (Å²) in [4.78, 5) is 25.9. The Morgan fingerprint density at radius 2 is 1.94 bits per heavy atom. The van der Waals surface area contributed by atoms with E-state index in [2.05, 4.69) is 10.3 Å². The number of aromatic nitrogens is 1. The Balaban J connectivity index is 2.12. The van der Waals surface area contributed by atoms with Crippen LogP contribution in [0.1, 0.15) is 32.1 Å². The lowest BCUT2D eigenvalue weighted by atomic mass is 10.1. The molecule has 17 heavy (non-hydrogen) atoms. The zero-order valence-corrected chi connectivity index (χ0v) is 9.69. The molecule has 0 saturated carbocycles. The monoisotopic (exact) mass is 235 g/mol. The van der Waals surface area contributed by atoms with E-state index in [1.54, 1.807) is 18.3 Å². The maximum atomic E-state index is 11.5. The highest BCUT2D eigenvalue weighted by molar-refractivity contribution is 5.89. The van der Waals surface area contributed by atoms with E-state index < -0.39 is 0 Å². The van der Waals surface area contributed by atoms with E-state index in [0.717, 1.165) is 19.3 Å². The van der Waals surface area contributed by atoms with Crippen LogP contribution in [0.15, 0.2) is 24.4 Å². The molecule has 0 unspecified atom stereocenters. The molecule has 0 aliphatic rings. The summed E-state index contributed by atoms with van der Waals surface area (Å²) in [7, 11) is 0. The molecule has 5 heteroatoms. The highest BCUT2D eigenvalue weighted by Crippen LogP contribution is 2.05. The van der Waals surface area contributed by atoms with Gasteiger partial charge in [0.2, 0.25) is 11.8 Å². The molecule has 0 spiro atoms. The summed E-state index contributed by atoms with van der Waals surface area (Å²) >= 11 is 0. The minimum absolute atomic E-state index is 0.0530. The Bertz CT molecular complexity index is 365. The van der Waals surface area contributed by atoms with Crippen molar-refractivity contribution in [1.82, 2.24) is 4.98 Å². The van der Waals surface area contributed by atoms with Gasteiger partial charge in [-0.3, -0.25) is 9.59 Å². The SMILES string of the molecule is NC(=O)CCCCCC(=O)Nc1ccccn1. The molecule has 92 valence electrons. The van der Waals surface area contributed by atoms with Crippen molar-refractivity contribution in [3.8, 4) is 0 Å². The molecular formula is C12H17N3O2. The van der Waals surface area contributed by atoms with E-state index in [9.17, 15) is 9.59 Å². The Hall–Kier alpha value is -1.91. The molecule has 3 N–H and O–H groups in total. The Kier molecular flexibility index (Phi) is 5.71. The van der Waals surface area contributed by atoms with Crippen LogP contribution < -0.4 is 11.1 Å². The van der Waals surface area contributed by atoms with Gasteiger partial charge < -0.3 is 11.1 Å². The minimum atomic E-state index is -0.289. The van der Waals surface area contributed by atoms with Gasteiger partial charge in [-0.15, -0.1) is 0 Å². The van der Waals surface area contributed by atoms with Gasteiger partial charge in [-0.2, -0.15) is 0 Å². The maximum Gasteiger partial charge on any atom is 0.225 e. The standard InChI is InChI=1S/C12H17N3O2/c13-10(16)6-2-1-3-8-12(17)15-11-7-4-5-9-14-11/h4-5,7,9H,1-3,6,8H2,(H2,13,16)(H,14,15,17). The Labute approximate surface area is 100 Å². The molecule has 1 rings (SSSR count). The number of carbonyl (C=O) groups is 2. The van der Waals surface area contributed by atoms with Gasteiger partial charge in [-0.05, 0) is 25.0 Å². The molecule has 0 bridgehead atoms. The van der Waals surface area contributed by atoms with Gasteiger partial charge in [0.15, 0.2) is 0 Å². The summed E-state index contributed by atoms with van der Waals surface area (Å²) < 4.78 is 0. The number of anilines is 1. The predicted octanol–water partition coefficient (Wildman–Crippen LogP) is 1.46. The van der Waals surface area contributed by atoms with Crippen LogP contribution in [0.2, 0.25) is 0 Å². The molecule has 0 aromatic carbocycles. The van der Waals surface area contributed by atoms with Crippen LogP contribution in [0.25, 0.3) is 0 Å². The molecule has 1 aromatic rings. The molecule has 1 heterocycles. The Morgan fingerprint density at radius 1 is 1.18 bits per heavy atom. The zero-order chi connectivity index (χ0) is 12.5. The molecule has 0 atom stereocenters. The zero-order valence-electron chi connectivity index (χ0n) is 9.69. The molecular weight excluding hydrogens is 218 g/mol. The van der Waals surface area contributed by atoms with Crippen LogP contribution >= 0.6 is 0 Å². The van der Waals surface area contributed by atoms with Crippen molar-refractivity contribution in [1.29, 1.82) is 0 Å². The summed E-state index contributed by atoms with van der Waals surface area (Å²) in [6, 6.07) is 5.35. The number of unbranched alkanes of at least 4 members (excludes halogenated alkanes) is 2. The van der Waals surface area contributed by atoms with Crippen molar-refractivity contribution in [2.45, 2.75) is 32.1 Å². The van der Waals surface area contributed by atoms with E-state index >= 15 is 0 Å². The number of pyridine rings is 1. The third-order valence-electron chi connectivity index (χ3n) is 2.26. The molecule has 0 aliphatic heterocycles. The van der Waals surface area contributed by atoms with Gasteiger partial charge in [0.1, 0.15) is 5.82 Å². The fourth-order valence-corrected chi connectivity index (χ4v) is 1.40. The Morgan fingerprint density at radius 3 is 2.59 bits per heavy atom. The van der Waals surface area contributed by atoms with Crippen molar-refractivity contribution in [2.75, 3.05) is 5.32 Å². The quantitative estimate of drug-likeness (QED) is 0.701. The minimum Gasteiger partial charge on any atom is -0.370 e. The van der Waals surface area contributed by atoms with Crippen molar-refractivity contribution in [3.63, 3.8) is 0 Å². The normalized spacial score (nSPS) is 9.88. The van der Waals surface area contributed by atoms with E-state index in [1.807, 2.05) is 6.07 Å². The molecule has 0 aliphatic carbocycles. The number of carbonyl (C=O) groups excluding carboxylic acids is 2. The number of rotatable bonds is 7. The number of primary amides is 1. The van der Waals surface area contributed by atoms with Crippen LogP contribution in [-0.2, 0) is 9.59 Å². The number of nitrogens with two attached hydrogens (primary N) is 1. The van der Waals surface area contributed by atoms with Gasteiger partial charge in [0.25, 0.3) is 0 Å². The topological polar surface area (TPSA) is 85.1 Å². The molecule has 0 fully saturated rings. The third kappa shape index (κ3) is 6.29. The fourth-order valence-electron chi connectivity index (χ4n) is 1.40. The van der Waals surface area contributed by atoms with E-state index in [-0.39, 0.29) is 11.8 Å². The van der Waals surface area contributed by atoms with Crippen LogP contribution in [-0.4, -0.2) is 16.8 Å². The lowest BCUT2D eigenvalue weighted by Gasteiger charge is -2.03. The van der Waals surface area contributed by atoms with Crippen molar-refractivity contribution in [3.05, 3.63) is 24.4 Å².